The first-order chi connectivity index (χ1) is 10.1. The summed E-state index contributed by atoms with van der Waals surface area (Å²) in [6.45, 7) is 1.68. The van der Waals surface area contributed by atoms with Crippen molar-refractivity contribution >= 4 is 17.2 Å². The molecule has 1 heterocycles. The van der Waals surface area contributed by atoms with Gasteiger partial charge < -0.3 is 10.4 Å². The van der Waals surface area contributed by atoms with Gasteiger partial charge in [0.1, 0.15) is 12.4 Å². The highest BCUT2D eigenvalue weighted by Gasteiger charge is 2.13. The SMILES string of the molecule is Cc1cccc(C(=O)NCc2sccc2C#CCO)c1F. The number of nitrogens with one attached hydrogen (secondary N) is 1. The van der Waals surface area contributed by atoms with Crippen molar-refractivity contribution in [1.82, 2.24) is 5.32 Å². The molecule has 0 unspecified atom stereocenters. The number of carbonyl (C=O) groups excluding carboxylic acids is 1. The van der Waals surface area contributed by atoms with Crippen molar-refractivity contribution in [3.63, 3.8) is 0 Å². The lowest BCUT2D eigenvalue weighted by atomic mass is 10.1. The lowest BCUT2D eigenvalue weighted by Gasteiger charge is -2.07. The highest BCUT2D eigenvalue weighted by molar-refractivity contribution is 7.10. The zero-order chi connectivity index (χ0) is 15.2. The monoisotopic (exact) mass is 303 g/mol. The molecule has 0 saturated carbocycles. The van der Waals surface area contributed by atoms with Gasteiger partial charge in [-0.2, -0.15) is 0 Å². The summed E-state index contributed by atoms with van der Waals surface area (Å²) in [5, 5.41) is 13.2. The predicted octanol–water partition coefficient (Wildman–Crippen LogP) is 2.47. The molecule has 1 amide bonds. The van der Waals surface area contributed by atoms with E-state index < -0.39 is 11.7 Å². The van der Waals surface area contributed by atoms with Crippen molar-refractivity contribution in [3.8, 4) is 11.8 Å². The minimum atomic E-state index is -0.499. The Morgan fingerprint density at radius 2 is 2.24 bits per heavy atom. The van der Waals surface area contributed by atoms with Gasteiger partial charge in [-0.3, -0.25) is 4.79 Å². The smallest absolute Gasteiger partial charge is 0.254 e. The summed E-state index contributed by atoms with van der Waals surface area (Å²) in [4.78, 5) is 12.9. The van der Waals surface area contributed by atoms with Gasteiger partial charge in [0.2, 0.25) is 0 Å². The molecule has 2 aromatic rings. The molecule has 0 aliphatic heterocycles. The van der Waals surface area contributed by atoms with Gasteiger partial charge in [0.05, 0.1) is 12.1 Å². The minimum Gasteiger partial charge on any atom is -0.384 e. The minimum absolute atomic E-state index is 0.0366. The molecule has 0 radical (unpaired) electrons. The third kappa shape index (κ3) is 3.69. The molecule has 0 aliphatic rings. The summed E-state index contributed by atoms with van der Waals surface area (Å²) in [6.07, 6.45) is 0. The second-order valence-electron chi connectivity index (χ2n) is 4.34. The van der Waals surface area contributed by atoms with Crippen LogP contribution in [-0.2, 0) is 6.54 Å². The Kier molecular flexibility index (Phi) is 5.09. The van der Waals surface area contributed by atoms with Crippen LogP contribution in [0.2, 0.25) is 0 Å². The van der Waals surface area contributed by atoms with Crippen molar-refractivity contribution in [2.75, 3.05) is 6.61 Å². The van der Waals surface area contributed by atoms with Gasteiger partial charge in [0.15, 0.2) is 0 Å². The Balaban J connectivity index is 2.08. The van der Waals surface area contributed by atoms with Crippen LogP contribution in [0.3, 0.4) is 0 Å². The van der Waals surface area contributed by atoms with Gasteiger partial charge in [-0.25, -0.2) is 4.39 Å². The Morgan fingerprint density at radius 1 is 1.43 bits per heavy atom. The third-order valence-corrected chi connectivity index (χ3v) is 3.81. The second kappa shape index (κ2) is 7.02. The Morgan fingerprint density at radius 3 is 3.00 bits per heavy atom. The van der Waals surface area contributed by atoms with Crippen LogP contribution in [-0.4, -0.2) is 17.6 Å². The van der Waals surface area contributed by atoms with Crippen LogP contribution in [0.1, 0.15) is 26.4 Å². The highest BCUT2D eigenvalue weighted by atomic mass is 32.1. The Bertz CT molecular complexity index is 713. The summed E-state index contributed by atoms with van der Waals surface area (Å²) in [5.41, 5.74) is 1.24. The van der Waals surface area contributed by atoms with Crippen molar-refractivity contribution in [3.05, 3.63) is 57.0 Å². The second-order valence-corrected chi connectivity index (χ2v) is 5.34. The number of hydrogen-bond donors (Lipinski definition) is 2. The van der Waals surface area contributed by atoms with E-state index in [1.165, 1.54) is 17.4 Å². The number of amides is 1. The first-order valence-corrected chi connectivity index (χ1v) is 7.21. The zero-order valence-electron chi connectivity index (χ0n) is 11.4. The van der Waals surface area contributed by atoms with Gasteiger partial charge in [0, 0.05) is 10.4 Å². The van der Waals surface area contributed by atoms with E-state index in [9.17, 15) is 9.18 Å². The first kappa shape index (κ1) is 15.2. The summed E-state index contributed by atoms with van der Waals surface area (Å²) in [5.74, 6) is 4.43. The van der Waals surface area contributed by atoms with Gasteiger partial charge in [-0.05, 0) is 30.0 Å². The van der Waals surface area contributed by atoms with Crippen LogP contribution in [0.5, 0.6) is 0 Å². The maximum Gasteiger partial charge on any atom is 0.254 e. The molecule has 0 saturated heterocycles. The maximum atomic E-state index is 13.9. The van der Waals surface area contributed by atoms with Gasteiger partial charge in [-0.15, -0.1) is 11.3 Å². The fraction of sp³-hybridized carbons (Fsp3) is 0.188. The van der Waals surface area contributed by atoms with Crippen molar-refractivity contribution in [2.24, 2.45) is 0 Å². The number of aryl methyl sites for hydroxylation is 1. The molecular weight excluding hydrogens is 289 g/mol. The van der Waals surface area contributed by atoms with E-state index in [2.05, 4.69) is 17.2 Å². The molecule has 108 valence electrons. The Labute approximate surface area is 126 Å². The highest BCUT2D eigenvalue weighted by Crippen LogP contribution is 2.16. The number of carbonyl (C=O) groups is 1. The predicted molar refractivity (Wildman–Crippen MR) is 80.6 cm³/mol. The number of halogens is 1. The fourth-order valence-corrected chi connectivity index (χ4v) is 2.57. The van der Waals surface area contributed by atoms with E-state index in [1.54, 1.807) is 19.1 Å². The number of rotatable bonds is 3. The quantitative estimate of drug-likeness (QED) is 0.856. The zero-order valence-corrected chi connectivity index (χ0v) is 12.3. The average molecular weight is 303 g/mol. The molecule has 1 aromatic heterocycles. The van der Waals surface area contributed by atoms with Crippen LogP contribution < -0.4 is 5.32 Å². The van der Waals surface area contributed by atoms with Crippen LogP contribution in [0.4, 0.5) is 4.39 Å². The van der Waals surface area contributed by atoms with E-state index in [4.69, 9.17) is 5.11 Å². The lowest BCUT2D eigenvalue weighted by molar-refractivity contribution is 0.0947. The molecule has 0 atom stereocenters. The number of thiophene rings is 1. The number of benzene rings is 1. The molecule has 5 heteroatoms. The van der Waals surface area contributed by atoms with Gasteiger partial charge in [-0.1, -0.05) is 24.0 Å². The molecule has 0 spiro atoms. The van der Waals surface area contributed by atoms with Crippen LogP contribution in [0, 0.1) is 24.6 Å². The first-order valence-electron chi connectivity index (χ1n) is 6.33. The van der Waals surface area contributed by atoms with E-state index in [-0.39, 0.29) is 18.7 Å². The number of hydrogen-bond acceptors (Lipinski definition) is 3. The van der Waals surface area contributed by atoms with Crippen molar-refractivity contribution < 1.29 is 14.3 Å². The summed E-state index contributed by atoms with van der Waals surface area (Å²) in [6, 6.07) is 6.55. The molecule has 2 N–H and O–H groups in total. The average Bonchev–Trinajstić information content (AvgIpc) is 2.93. The number of aliphatic hydroxyl groups excluding tert-OH is 1. The number of aliphatic hydroxyl groups is 1. The standard InChI is InChI=1S/C16H14FNO2S/c1-11-4-2-6-13(15(11)17)16(20)18-10-14-12(5-3-8-19)7-9-21-14/h2,4,6-7,9,19H,8,10H2,1H3,(H,18,20). The molecule has 21 heavy (non-hydrogen) atoms. The van der Waals surface area contributed by atoms with Crippen molar-refractivity contribution in [2.45, 2.75) is 13.5 Å². The summed E-state index contributed by atoms with van der Waals surface area (Å²) >= 11 is 1.45. The largest absolute Gasteiger partial charge is 0.384 e. The van der Waals surface area contributed by atoms with Crippen LogP contribution in [0.25, 0.3) is 0 Å². The topological polar surface area (TPSA) is 49.3 Å². The molecule has 1 aromatic carbocycles. The van der Waals surface area contributed by atoms with Crippen LogP contribution in [0.15, 0.2) is 29.6 Å². The maximum absolute atomic E-state index is 13.9. The van der Waals surface area contributed by atoms with E-state index >= 15 is 0 Å². The molecule has 0 aliphatic carbocycles. The van der Waals surface area contributed by atoms with E-state index in [1.807, 2.05) is 11.4 Å². The summed E-state index contributed by atoms with van der Waals surface area (Å²) < 4.78 is 13.9. The molecule has 2 rings (SSSR count). The van der Waals surface area contributed by atoms with Gasteiger partial charge in [0.25, 0.3) is 5.91 Å². The lowest BCUT2D eigenvalue weighted by Crippen LogP contribution is -2.24. The molecule has 3 nitrogen and oxygen atoms in total. The van der Waals surface area contributed by atoms with Crippen molar-refractivity contribution in [1.29, 1.82) is 0 Å². The fourth-order valence-electron chi connectivity index (χ4n) is 1.80. The van der Waals surface area contributed by atoms with Gasteiger partial charge >= 0.3 is 0 Å². The Hall–Kier alpha value is -2.16. The third-order valence-electron chi connectivity index (χ3n) is 2.89. The molecule has 0 fully saturated rings. The van der Waals surface area contributed by atoms with E-state index in [0.717, 1.165) is 10.4 Å². The molecular formula is C16H14FNO2S. The van der Waals surface area contributed by atoms with E-state index in [0.29, 0.717) is 5.56 Å². The molecule has 0 bridgehead atoms. The summed E-state index contributed by atoms with van der Waals surface area (Å²) in [7, 11) is 0. The normalized spacial score (nSPS) is 9.86. The van der Waals surface area contributed by atoms with Crippen LogP contribution >= 0.6 is 11.3 Å².